The third-order valence-electron chi connectivity index (χ3n) is 3.23. The molecule has 0 aromatic rings. The molecule has 1 heterocycles. The van der Waals surface area contributed by atoms with E-state index in [0.717, 1.165) is 0 Å². The number of nitrogens with zero attached hydrogens (tertiary/aromatic N) is 1. The number of carbonyl (C=O) groups is 2. The van der Waals surface area contributed by atoms with Gasteiger partial charge >= 0.3 is 0 Å². The van der Waals surface area contributed by atoms with Gasteiger partial charge in [-0.25, -0.2) is 13.1 Å². The van der Waals surface area contributed by atoms with Crippen molar-refractivity contribution in [3.63, 3.8) is 0 Å². The van der Waals surface area contributed by atoms with Gasteiger partial charge in [-0.1, -0.05) is 0 Å². The fourth-order valence-corrected chi connectivity index (χ4v) is 3.27. The second-order valence-electron chi connectivity index (χ2n) is 4.78. The van der Waals surface area contributed by atoms with Crippen molar-refractivity contribution in [3.05, 3.63) is 0 Å². The number of rotatable bonds is 7. The Morgan fingerprint density at radius 1 is 1.48 bits per heavy atom. The molecule has 0 aromatic heterocycles. The van der Waals surface area contributed by atoms with Gasteiger partial charge in [0.15, 0.2) is 0 Å². The molecule has 0 saturated carbocycles. The van der Waals surface area contributed by atoms with Crippen molar-refractivity contribution < 1.29 is 18.0 Å². The highest BCUT2D eigenvalue weighted by molar-refractivity contribution is 7.98. The molecule has 1 aliphatic heterocycles. The predicted molar refractivity (Wildman–Crippen MR) is 83.6 cm³/mol. The van der Waals surface area contributed by atoms with Crippen LogP contribution in [0.3, 0.4) is 0 Å². The maximum atomic E-state index is 12.5. The first-order valence-electron chi connectivity index (χ1n) is 6.94. The topological polar surface area (TPSA) is 95.6 Å². The van der Waals surface area contributed by atoms with E-state index < -0.39 is 16.1 Å². The molecule has 0 spiro atoms. The predicted octanol–water partition coefficient (Wildman–Crippen LogP) is -0.604. The summed E-state index contributed by atoms with van der Waals surface area (Å²) in [5.41, 5.74) is 0. The Labute approximate surface area is 130 Å². The van der Waals surface area contributed by atoms with Crippen molar-refractivity contribution >= 4 is 33.6 Å². The molecule has 9 heteroatoms. The monoisotopic (exact) mass is 337 g/mol. The Balaban J connectivity index is 2.76. The molecule has 0 radical (unpaired) electrons. The van der Waals surface area contributed by atoms with Crippen LogP contribution in [0.4, 0.5) is 0 Å². The van der Waals surface area contributed by atoms with Crippen LogP contribution in [-0.2, 0) is 19.6 Å². The molecule has 0 bridgehead atoms. The third-order valence-corrected chi connectivity index (χ3v) is 5.28. The van der Waals surface area contributed by atoms with E-state index in [-0.39, 0.29) is 24.0 Å². The van der Waals surface area contributed by atoms with Crippen molar-refractivity contribution in [3.8, 4) is 0 Å². The maximum absolute atomic E-state index is 12.5. The molecule has 1 unspecified atom stereocenters. The fraction of sp³-hybridized carbons (Fsp3) is 0.833. The second kappa shape index (κ2) is 8.60. The molecule has 1 aliphatic rings. The van der Waals surface area contributed by atoms with Gasteiger partial charge in [0.25, 0.3) is 0 Å². The molecule has 1 atom stereocenters. The van der Waals surface area contributed by atoms with Crippen molar-refractivity contribution in [1.82, 2.24) is 14.9 Å². The number of hydrogen-bond acceptors (Lipinski definition) is 5. The van der Waals surface area contributed by atoms with Crippen LogP contribution in [0.1, 0.15) is 19.8 Å². The number of nitrogens with one attached hydrogen (secondary N) is 2. The first-order chi connectivity index (χ1) is 9.89. The molecule has 21 heavy (non-hydrogen) atoms. The number of amides is 2. The molecule has 1 fully saturated rings. The highest BCUT2D eigenvalue weighted by Crippen LogP contribution is 2.08. The van der Waals surface area contributed by atoms with Crippen LogP contribution in [0, 0.1) is 0 Å². The SMILES string of the molecule is CCS(=O)(=O)NC(CCSC)C(=O)N1CCNC(=O)CC1. The van der Waals surface area contributed by atoms with Crippen LogP contribution < -0.4 is 10.0 Å². The lowest BCUT2D eigenvalue weighted by Gasteiger charge is -2.26. The molecule has 0 aromatic carbocycles. The molecular formula is C12H23N3O4S2. The van der Waals surface area contributed by atoms with Gasteiger partial charge in [-0.2, -0.15) is 11.8 Å². The molecule has 1 saturated heterocycles. The summed E-state index contributed by atoms with van der Waals surface area (Å²) in [6.45, 7) is 2.68. The Hall–Kier alpha value is -0.800. The van der Waals surface area contributed by atoms with Crippen LogP contribution in [0.5, 0.6) is 0 Å². The highest BCUT2D eigenvalue weighted by atomic mass is 32.2. The van der Waals surface area contributed by atoms with Crippen molar-refractivity contribution in [2.24, 2.45) is 0 Å². The van der Waals surface area contributed by atoms with Crippen LogP contribution in [-0.4, -0.2) is 68.6 Å². The quantitative estimate of drug-likeness (QED) is 0.646. The van der Waals surface area contributed by atoms with Gasteiger partial charge in [-0.05, 0) is 25.4 Å². The van der Waals surface area contributed by atoms with E-state index in [0.29, 0.717) is 31.8 Å². The molecule has 2 N–H and O–H groups in total. The molecular weight excluding hydrogens is 314 g/mol. The average molecular weight is 337 g/mol. The van der Waals surface area contributed by atoms with Crippen molar-refractivity contribution in [2.75, 3.05) is 37.4 Å². The molecule has 2 amide bonds. The summed E-state index contributed by atoms with van der Waals surface area (Å²) in [4.78, 5) is 25.4. The summed E-state index contributed by atoms with van der Waals surface area (Å²) in [5, 5.41) is 2.70. The fourth-order valence-electron chi connectivity index (χ4n) is 1.98. The van der Waals surface area contributed by atoms with Gasteiger partial charge in [0.2, 0.25) is 21.8 Å². The Morgan fingerprint density at radius 3 is 2.81 bits per heavy atom. The zero-order chi connectivity index (χ0) is 15.9. The Kier molecular flexibility index (Phi) is 7.47. The Bertz CT molecular complexity index is 467. The summed E-state index contributed by atoms with van der Waals surface area (Å²) in [6.07, 6.45) is 2.60. The van der Waals surface area contributed by atoms with E-state index in [1.807, 2.05) is 6.26 Å². The van der Waals surface area contributed by atoms with Crippen LogP contribution >= 0.6 is 11.8 Å². The van der Waals surface area contributed by atoms with Gasteiger partial charge in [-0.3, -0.25) is 9.59 Å². The minimum Gasteiger partial charge on any atom is -0.354 e. The lowest BCUT2D eigenvalue weighted by molar-refractivity contribution is -0.132. The minimum atomic E-state index is -3.44. The number of hydrogen-bond donors (Lipinski definition) is 2. The van der Waals surface area contributed by atoms with Gasteiger partial charge in [-0.15, -0.1) is 0 Å². The lowest BCUT2D eigenvalue weighted by atomic mass is 10.2. The van der Waals surface area contributed by atoms with Crippen molar-refractivity contribution in [2.45, 2.75) is 25.8 Å². The second-order valence-corrected chi connectivity index (χ2v) is 7.81. The van der Waals surface area contributed by atoms with E-state index in [1.165, 1.54) is 6.92 Å². The number of thioether (sulfide) groups is 1. The van der Waals surface area contributed by atoms with E-state index in [1.54, 1.807) is 16.7 Å². The molecule has 1 rings (SSSR count). The zero-order valence-corrected chi connectivity index (χ0v) is 14.1. The van der Waals surface area contributed by atoms with Crippen LogP contribution in [0.25, 0.3) is 0 Å². The standard InChI is InChI=1S/C12H23N3O4S2/c1-3-21(18,19)14-10(5-9-20-2)12(17)15-7-4-11(16)13-6-8-15/h10,14H,3-9H2,1-2H3,(H,13,16). The number of sulfonamides is 1. The van der Waals surface area contributed by atoms with Crippen LogP contribution in [0.2, 0.25) is 0 Å². The summed E-state index contributed by atoms with van der Waals surface area (Å²) in [7, 11) is -3.44. The zero-order valence-electron chi connectivity index (χ0n) is 12.4. The summed E-state index contributed by atoms with van der Waals surface area (Å²) < 4.78 is 25.9. The van der Waals surface area contributed by atoms with Gasteiger partial charge < -0.3 is 10.2 Å². The van der Waals surface area contributed by atoms with Crippen molar-refractivity contribution in [1.29, 1.82) is 0 Å². The number of carbonyl (C=O) groups excluding carboxylic acids is 2. The lowest BCUT2D eigenvalue weighted by Crippen LogP contribution is -2.50. The van der Waals surface area contributed by atoms with E-state index in [4.69, 9.17) is 0 Å². The average Bonchev–Trinajstić information content (AvgIpc) is 2.67. The van der Waals surface area contributed by atoms with E-state index in [2.05, 4.69) is 10.0 Å². The normalized spacial score (nSPS) is 18.0. The van der Waals surface area contributed by atoms with E-state index >= 15 is 0 Å². The summed E-state index contributed by atoms with van der Waals surface area (Å²) in [6, 6.07) is -0.754. The van der Waals surface area contributed by atoms with Gasteiger partial charge in [0.1, 0.15) is 6.04 Å². The maximum Gasteiger partial charge on any atom is 0.240 e. The molecule has 0 aliphatic carbocycles. The Morgan fingerprint density at radius 2 is 2.19 bits per heavy atom. The van der Waals surface area contributed by atoms with Crippen LogP contribution in [0.15, 0.2) is 0 Å². The largest absolute Gasteiger partial charge is 0.354 e. The smallest absolute Gasteiger partial charge is 0.240 e. The van der Waals surface area contributed by atoms with Gasteiger partial charge in [0, 0.05) is 26.1 Å². The molecule has 7 nitrogen and oxygen atoms in total. The third kappa shape index (κ3) is 6.23. The first kappa shape index (κ1) is 18.2. The highest BCUT2D eigenvalue weighted by Gasteiger charge is 2.28. The minimum absolute atomic E-state index is 0.0594. The molecule has 122 valence electrons. The van der Waals surface area contributed by atoms with E-state index in [9.17, 15) is 18.0 Å². The first-order valence-corrected chi connectivity index (χ1v) is 9.98. The van der Waals surface area contributed by atoms with Gasteiger partial charge in [0.05, 0.1) is 5.75 Å². The summed E-state index contributed by atoms with van der Waals surface area (Å²) in [5.74, 6) is 0.293. The summed E-state index contributed by atoms with van der Waals surface area (Å²) >= 11 is 1.56.